The topological polar surface area (TPSA) is 82.5 Å². The van der Waals surface area contributed by atoms with Crippen LogP contribution in [0.25, 0.3) is 0 Å². The van der Waals surface area contributed by atoms with Gasteiger partial charge in [-0.25, -0.2) is 9.18 Å². The first-order chi connectivity index (χ1) is 17.5. The fraction of sp³-hybridized carbons (Fsp3) is 0.370. The van der Waals surface area contributed by atoms with Crippen LogP contribution in [0.2, 0.25) is 5.02 Å². The first-order valence-electron chi connectivity index (χ1n) is 12.2. The Labute approximate surface area is 221 Å². The van der Waals surface area contributed by atoms with Gasteiger partial charge < -0.3 is 10.2 Å². The molecular weight excluding hydrogens is 495 g/mol. The third-order valence-electron chi connectivity index (χ3n) is 6.34. The van der Waals surface area contributed by atoms with Gasteiger partial charge in [0.25, 0.3) is 5.91 Å². The van der Waals surface area contributed by atoms with Crippen LogP contribution in [0.4, 0.5) is 20.7 Å². The molecule has 1 aliphatic rings. The van der Waals surface area contributed by atoms with Gasteiger partial charge in [-0.2, -0.15) is 5.10 Å². The van der Waals surface area contributed by atoms with Crippen molar-refractivity contribution in [3.63, 3.8) is 0 Å². The lowest BCUT2D eigenvalue weighted by Gasteiger charge is -2.35. The number of rotatable bonds is 5. The molecule has 8 nitrogen and oxygen atoms in total. The van der Waals surface area contributed by atoms with E-state index in [1.807, 2.05) is 30.3 Å². The molecular formula is C27H32ClFN6O2. The average molecular weight is 527 g/mol. The molecule has 2 aromatic carbocycles. The molecule has 0 radical (unpaired) electrons. The molecule has 1 fully saturated rings. The summed E-state index contributed by atoms with van der Waals surface area (Å²) in [4.78, 5) is 29.1. The maximum atomic E-state index is 14.1. The van der Waals surface area contributed by atoms with Gasteiger partial charge in [0, 0.05) is 56.9 Å². The Bertz CT molecular complexity index is 1260. The Hall–Kier alpha value is -3.43. The zero-order chi connectivity index (χ0) is 26.7. The number of anilines is 2. The fourth-order valence-electron chi connectivity index (χ4n) is 4.15. The Kier molecular flexibility index (Phi) is 7.85. The van der Waals surface area contributed by atoms with E-state index in [-0.39, 0.29) is 27.9 Å². The van der Waals surface area contributed by atoms with E-state index in [0.29, 0.717) is 44.2 Å². The van der Waals surface area contributed by atoms with Gasteiger partial charge in [0.2, 0.25) is 0 Å². The third kappa shape index (κ3) is 6.47. The van der Waals surface area contributed by atoms with Crippen LogP contribution in [-0.4, -0.2) is 57.7 Å². The van der Waals surface area contributed by atoms with Crippen LogP contribution in [0.15, 0.2) is 48.5 Å². The van der Waals surface area contributed by atoms with E-state index >= 15 is 0 Å². The summed E-state index contributed by atoms with van der Waals surface area (Å²) in [6.07, 6.45) is 0. The quantitative estimate of drug-likeness (QED) is 0.484. The van der Waals surface area contributed by atoms with Crippen molar-refractivity contribution in [1.29, 1.82) is 0 Å². The molecule has 4 rings (SSSR count). The summed E-state index contributed by atoms with van der Waals surface area (Å²) in [6.45, 7) is 9.25. The lowest BCUT2D eigenvalue weighted by molar-refractivity contribution is 0.0624. The molecule has 10 heteroatoms. The highest BCUT2D eigenvalue weighted by Gasteiger charge is 2.26. The van der Waals surface area contributed by atoms with Crippen LogP contribution in [0, 0.1) is 5.82 Å². The summed E-state index contributed by atoms with van der Waals surface area (Å²) in [5, 5.41) is 10.3. The van der Waals surface area contributed by atoms with Crippen molar-refractivity contribution in [2.45, 2.75) is 32.7 Å². The summed E-state index contributed by atoms with van der Waals surface area (Å²) in [7, 11) is 1.80. The Balaban J connectivity index is 1.27. The van der Waals surface area contributed by atoms with Gasteiger partial charge in [-0.1, -0.05) is 50.6 Å². The van der Waals surface area contributed by atoms with Gasteiger partial charge in [-0.15, -0.1) is 0 Å². The molecule has 3 amide bonds. The van der Waals surface area contributed by atoms with Gasteiger partial charge in [-0.3, -0.25) is 19.7 Å². The minimum absolute atomic E-state index is 0.0669. The van der Waals surface area contributed by atoms with E-state index in [0.717, 1.165) is 11.3 Å². The molecule has 37 heavy (non-hydrogen) atoms. The second-order valence-corrected chi connectivity index (χ2v) is 10.6. The largest absolute Gasteiger partial charge is 0.336 e. The van der Waals surface area contributed by atoms with Crippen molar-refractivity contribution in [3.8, 4) is 0 Å². The molecule has 196 valence electrons. The number of aromatic nitrogens is 2. The van der Waals surface area contributed by atoms with Crippen LogP contribution in [0.5, 0.6) is 0 Å². The number of carbonyl (C=O) groups is 2. The zero-order valence-electron chi connectivity index (χ0n) is 21.5. The molecule has 0 spiro atoms. The molecule has 2 heterocycles. The number of halogens is 2. The molecule has 0 saturated carbocycles. The van der Waals surface area contributed by atoms with Crippen LogP contribution >= 0.6 is 11.6 Å². The monoisotopic (exact) mass is 526 g/mol. The number of nitrogens with one attached hydrogen (secondary N) is 2. The fourth-order valence-corrected chi connectivity index (χ4v) is 4.39. The molecule has 0 unspecified atom stereocenters. The Morgan fingerprint density at radius 2 is 1.70 bits per heavy atom. The van der Waals surface area contributed by atoms with Crippen molar-refractivity contribution in [2.24, 2.45) is 7.05 Å². The van der Waals surface area contributed by atoms with E-state index in [1.165, 1.54) is 18.2 Å². The first-order valence-corrected chi connectivity index (χ1v) is 12.6. The first kappa shape index (κ1) is 26.6. The standard InChI is InChI=1S/C27H32ClFN6O2/c1-27(2,3)22-16-23(33(4)32-22)31-26(37)30-19-10-8-18(9-11-19)17-34-12-14-35(15-13-34)25(36)24-20(28)6-5-7-21(24)29/h5-11,16H,12-15,17H2,1-4H3,(H2,30,31,37). The maximum absolute atomic E-state index is 14.1. The van der Waals surface area contributed by atoms with Gasteiger partial charge >= 0.3 is 6.03 Å². The molecule has 2 N–H and O–H groups in total. The number of hydrogen-bond acceptors (Lipinski definition) is 4. The number of piperazine rings is 1. The highest BCUT2D eigenvalue weighted by molar-refractivity contribution is 6.33. The van der Waals surface area contributed by atoms with Gasteiger partial charge in [0.05, 0.1) is 16.3 Å². The van der Waals surface area contributed by atoms with Crippen molar-refractivity contribution < 1.29 is 14.0 Å². The maximum Gasteiger partial charge on any atom is 0.324 e. The highest BCUT2D eigenvalue weighted by Crippen LogP contribution is 2.24. The van der Waals surface area contributed by atoms with E-state index in [4.69, 9.17) is 11.6 Å². The molecule has 0 aliphatic carbocycles. The molecule has 1 aliphatic heterocycles. The van der Waals surface area contributed by atoms with Crippen LogP contribution in [0.1, 0.15) is 42.4 Å². The van der Waals surface area contributed by atoms with Crippen molar-refractivity contribution in [3.05, 3.63) is 76.2 Å². The summed E-state index contributed by atoms with van der Waals surface area (Å²) in [5.74, 6) is -0.358. The van der Waals surface area contributed by atoms with Crippen LogP contribution in [0.3, 0.4) is 0 Å². The highest BCUT2D eigenvalue weighted by atomic mass is 35.5. The van der Waals surface area contributed by atoms with Gasteiger partial charge in [-0.05, 0) is 29.8 Å². The number of hydrogen-bond donors (Lipinski definition) is 2. The number of carbonyl (C=O) groups excluding carboxylic acids is 2. The van der Waals surface area contributed by atoms with Crippen molar-refractivity contribution >= 4 is 35.0 Å². The SMILES string of the molecule is Cn1nc(C(C)(C)C)cc1NC(=O)Nc1ccc(CN2CCN(C(=O)c3c(F)cccc3Cl)CC2)cc1. The average Bonchev–Trinajstić information content (AvgIpc) is 3.21. The van der Waals surface area contributed by atoms with E-state index < -0.39 is 5.82 Å². The molecule has 3 aromatic rings. The van der Waals surface area contributed by atoms with Gasteiger partial charge in [0.1, 0.15) is 11.6 Å². The summed E-state index contributed by atoms with van der Waals surface area (Å²) in [5.41, 5.74) is 2.49. The lowest BCUT2D eigenvalue weighted by atomic mass is 9.92. The Morgan fingerprint density at radius 3 is 2.30 bits per heavy atom. The third-order valence-corrected chi connectivity index (χ3v) is 6.66. The van der Waals surface area contributed by atoms with E-state index in [1.54, 1.807) is 16.6 Å². The smallest absolute Gasteiger partial charge is 0.324 e. The zero-order valence-corrected chi connectivity index (χ0v) is 22.3. The molecule has 0 atom stereocenters. The summed E-state index contributed by atoms with van der Waals surface area (Å²) in [6, 6.07) is 13.5. The van der Waals surface area contributed by atoms with Gasteiger partial charge in [0.15, 0.2) is 0 Å². The lowest BCUT2D eigenvalue weighted by Crippen LogP contribution is -2.48. The number of benzene rings is 2. The number of aryl methyl sites for hydroxylation is 1. The minimum Gasteiger partial charge on any atom is -0.336 e. The second-order valence-electron chi connectivity index (χ2n) is 10.2. The van der Waals surface area contributed by atoms with E-state index in [2.05, 4.69) is 41.4 Å². The minimum atomic E-state index is -0.600. The number of urea groups is 1. The number of amides is 3. The Morgan fingerprint density at radius 1 is 1.03 bits per heavy atom. The summed E-state index contributed by atoms with van der Waals surface area (Å²) < 4.78 is 15.8. The van der Waals surface area contributed by atoms with E-state index in [9.17, 15) is 14.0 Å². The van der Waals surface area contributed by atoms with Crippen LogP contribution in [-0.2, 0) is 19.0 Å². The second kappa shape index (κ2) is 10.9. The number of nitrogens with zero attached hydrogens (tertiary/aromatic N) is 4. The van der Waals surface area contributed by atoms with Crippen molar-refractivity contribution in [1.82, 2.24) is 19.6 Å². The molecule has 1 saturated heterocycles. The summed E-state index contributed by atoms with van der Waals surface area (Å²) >= 11 is 6.06. The molecule has 1 aromatic heterocycles. The van der Waals surface area contributed by atoms with Crippen LogP contribution < -0.4 is 10.6 Å². The predicted octanol–water partition coefficient (Wildman–Crippen LogP) is 5.11. The normalized spacial score (nSPS) is 14.5. The van der Waals surface area contributed by atoms with Crippen molar-refractivity contribution in [2.75, 3.05) is 36.8 Å². The molecule has 0 bridgehead atoms. The predicted molar refractivity (Wildman–Crippen MR) is 144 cm³/mol.